The van der Waals surface area contributed by atoms with Crippen LogP contribution in [0.4, 0.5) is 11.4 Å². The molecule has 0 bridgehead atoms. The molecule has 0 radical (unpaired) electrons. The third-order valence-electron chi connectivity index (χ3n) is 4.14. The molecule has 2 heteroatoms. The first-order chi connectivity index (χ1) is 9.65. The van der Waals surface area contributed by atoms with E-state index in [-0.39, 0.29) is 0 Å². The van der Waals surface area contributed by atoms with E-state index in [9.17, 15) is 0 Å². The maximum Gasteiger partial charge on any atom is 0.0381 e. The van der Waals surface area contributed by atoms with Crippen LogP contribution in [0.2, 0.25) is 0 Å². The molecule has 0 fully saturated rings. The van der Waals surface area contributed by atoms with Gasteiger partial charge in [-0.2, -0.15) is 0 Å². The van der Waals surface area contributed by atoms with Crippen molar-refractivity contribution in [2.24, 2.45) is 0 Å². The van der Waals surface area contributed by atoms with Gasteiger partial charge >= 0.3 is 0 Å². The standard InChI is InChI=1S/C18H22N2/c1-13-12-17(16-6-4-5-7-18(16)19-13)14-8-10-15(11-9-14)20(2)3/h4-11,13,17,19H,12H2,1-3H3. The Hall–Kier alpha value is -1.96. The van der Waals surface area contributed by atoms with Crippen LogP contribution < -0.4 is 10.2 Å². The van der Waals surface area contributed by atoms with Gasteiger partial charge in [-0.1, -0.05) is 30.3 Å². The van der Waals surface area contributed by atoms with Crippen LogP contribution >= 0.6 is 0 Å². The molecule has 2 unspecified atom stereocenters. The fourth-order valence-electron chi connectivity index (χ4n) is 3.06. The molecule has 2 atom stereocenters. The minimum atomic E-state index is 0.499. The molecular formula is C18H22N2. The van der Waals surface area contributed by atoms with Crippen LogP contribution in [-0.2, 0) is 0 Å². The lowest BCUT2D eigenvalue weighted by atomic mass is 9.82. The lowest BCUT2D eigenvalue weighted by molar-refractivity contribution is 0.615. The fraction of sp³-hybridized carbons (Fsp3) is 0.333. The van der Waals surface area contributed by atoms with Crippen molar-refractivity contribution >= 4 is 11.4 Å². The van der Waals surface area contributed by atoms with Crippen molar-refractivity contribution in [2.75, 3.05) is 24.3 Å². The molecule has 0 saturated carbocycles. The van der Waals surface area contributed by atoms with E-state index in [1.54, 1.807) is 0 Å². The van der Waals surface area contributed by atoms with Crippen LogP contribution in [-0.4, -0.2) is 20.1 Å². The number of nitrogens with zero attached hydrogens (tertiary/aromatic N) is 1. The number of rotatable bonds is 2. The third kappa shape index (κ3) is 2.38. The summed E-state index contributed by atoms with van der Waals surface area (Å²) in [6.07, 6.45) is 1.15. The summed E-state index contributed by atoms with van der Waals surface area (Å²) < 4.78 is 0. The number of nitrogens with one attached hydrogen (secondary N) is 1. The summed E-state index contributed by atoms with van der Waals surface area (Å²) >= 11 is 0. The first-order valence-corrected chi connectivity index (χ1v) is 7.28. The number of benzene rings is 2. The Morgan fingerprint density at radius 3 is 2.40 bits per heavy atom. The van der Waals surface area contributed by atoms with E-state index in [0.717, 1.165) is 6.42 Å². The van der Waals surface area contributed by atoms with E-state index in [0.29, 0.717) is 12.0 Å². The van der Waals surface area contributed by atoms with E-state index in [2.05, 4.69) is 79.8 Å². The molecule has 2 aromatic carbocycles. The highest BCUT2D eigenvalue weighted by atomic mass is 15.1. The summed E-state index contributed by atoms with van der Waals surface area (Å²) in [5, 5.41) is 3.58. The molecule has 1 aliphatic rings. The monoisotopic (exact) mass is 266 g/mol. The second kappa shape index (κ2) is 5.20. The Morgan fingerprint density at radius 1 is 1.00 bits per heavy atom. The smallest absolute Gasteiger partial charge is 0.0381 e. The lowest BCUT2D eigenvalue weighted by Crippen LogP contribution is -2.25. The molecule has 1 aliphatic heterocycles. The SMILES string of the molecule is CC1CC(c2ccc(N(C)C)cc2)c2ccccc2N1. The molecule has 2 nitrogen and oxygen atoms in total. The van der Waals surface area contributed by atoms with Gasteiger partial charge < -0.3 is 10.2 Å². The maximum absolute atomic E-state index is 3.58. The summed E-state index contributed by atoms with van der Waals surface area (Å²) in [6.45, 7) is 2.26. The van der Waals surface area contributed by atoms with Crippen LogP contribution in [0.3, 0.4) is 0 Å². The van der Waals surface area contributed by atoms with Gasteiger partial charge in [0.05, 0.1) is 0 Å². The van der Waals surface area contributed by atoms with Crippen molar-refractivity contribution in [1.29, 1.82) is 0 Å². The molecule has 0 spiro atoms. The van der Waals surface area contributed by atoms with Crippen molar-refractivity contribution in [3.05, 3.63) is 59.7 Å². The molecular weight excluding hydrogens is 244 g/mol. The molecule has 3 rings (SSSR count). The van der Waals surface area contributed by atoms with Crippen molar-refractivity contribution in [3.8, 4) is 0 Å². The lowest BCUT2D eigenvalue weighted by Gasteiger charge is -2.32. The Kier molecular flexibility index (Phi) is 3.39. The van der Waals surface area contributed by atoms with Crippen LogP contribution in [0.5, 0.6) is 0 Å². The van der Waals surface area contributed by atoms with Crippen LogP contribution in [0, 0.1) is 0 Å². The molecule has 1 N–H and O–H groups in total. The van der Waals surface area contributed by atoms with Gasteiger partial charge in [0.25, 0.3) is 0 Å². The zero-order valence-electron chi connectivity index (χ0n) is 12.4. The highest BCUT2D eigenvalue weighted by molar-refractivity contribution is 5.59. The average molecular weight is 266 g/mol. The average Bonchev–Trinajstić information content (AvgIpc) is 2.46. The number of anilines is 2. The highest BCUT2D eigenvalue weighted by Gasteiger charge is 2.24. The largest absolute Gasteiger partial charge is 0.382 e. The van der Waals surface area contributed by atoms with E-state index in [4.69, 9.17) is 0 Å². The fourth-order valence-corrected chi connectivity index (χ4v) is 3.06. The summed E-state index contributed by atoms with van der Waals surface area (Å²) in [7, 11) is 4.16. The van der Waals surface area contributed by atoms with Gasteiger partial charge in [-0.3, -0.25) is 0 Å². The quantitative estimate of drug-likeness (QED) is 0.880. The second-order valence-corrected chi connectivity index (χ2v) is 5.91. The van der Waals surface area contributed by atoms with E-state index in [1.165, 1.54) is 22.5 Å². The van der Waals surface area contributed by atoms with Crippen LogP contribution in [0.25, 0.3) is 0 Å². The third-order valence-corrected chi connectivity index (χ3v) is 4.14. The minimum Gasteiger partial charge on any atom is -0.382 e. The normalized spacial score (nSPS) is 20.9. The molecule has 0 aliphatic carbocycles. The topological polar surface area (TPSA) is 15.3 Å². The van der Waals surface area contributed by atoms with Gasteiger partial charge in [0.2, 0.25) is 0 Å². The van der Waals surface area contributed by atoms with Gasteiger partial charge in [0.15, 0.2) is 0 Å². The molecule has 1 heterocycles. The molecule has 0 amide bonds. The number of fused-ring (bicyclic) bond motifs is 1. The van der Waals surface area contributed by atoms with Crippen molar-refractivity contribution in [2.45, 2.75) is 25.3 Å². The van der Waals surface area contributed by atoms with Gasteiger partial charge in [-0.15, -0.1) is 0 Å². The van der Waals surface area contributed by atoms with E-state index in [1.807, 2.05) is 0 Å². The van der Waals surface area contributed by atoms with Crippen LogP contribution in [0.1, 0.15) is 30.4 Å². The van der Waals surface area contributed by atoms with E-state index < -0.39 is 0 Å². The Balaban J connectivity index is 1.97. The first kappa shape index (κ1) is 13.0. The maximum atomic E-state index is 3.58. The Labute approximate surface area is 121 Å². The summed E-state index contributed by atoms with van der Waals surface area (Å²) in [4.78, 5) is 2.14. The van der Waals surface area contributed by atoms with Gasteiger partial charge in [-0.25, -0.2) is 0 Å². The highest BCUT2D eigenvalue weighted by Crippen LogP contribution is 2.38. The van der Waals surface area contributed by atoms with Crippen molar-refractivity contribution in [3.63, 3.8) is 0 Å². The molecule has 104 valence electrons. The predicted molar refractivity (Wildman–Crippen MR) is 86.8 cm³/mol. The number of para-hydroxylation sites is 1. The predicted octanol–water partition coefficient (Wildman–Crippen LogP) is 4.09. The zero-order chi connectivity index (χ0) is 14.1. The van der Waals surface area contributed by atoms with Crippen LogP contribution in [0.15, 0.2) is 48.5 Å². The first-order valence-electron chi connectivity index (χ1n) is 7.28. The zero-order valence-corrected chi connectivity index (χ0v) is 12.4. The summed E-state index contributed by atoms with van der Waals surface area (Å²) in [5.74, 6) is 0.499. The van der Waals surface area contributed by atoms with Gasteiger partial charge in [0, 0.05) is 37.4 Å². The molecule has 2 aromatic rings. The Bertz CT molecular complexity index is 587. The number of hydrogen-bond donors (Lipinski definition) is 1. The summed E-state index contributed by atoms with van der Waals surface area (Å²) in [6, 6.07) is 18.2. The molecule has 0 saturated heterocycles. The Morgan fingerprint density at radius 2 is 1.70 bits per heavy atom. The van der Waals surface area contributed by atoms with Gasteiger partial charge in [0.1, 0.15) is 0 Å². The molecule has 0 aromatic heterocycles. The van der Waals surface area contributed by atoms with Crippen molar-refractivity contribution in [1.82, 2.24) is 0 Å². The van der Waals surface area contributed by atoms with Gasteiger partial charge in [-0.05, 0) is 42.7 Å². The molecule has 20 heavy (non-hydrogen) atoms. The van der Waals surface area contributed by atoms with E-state index >= 15 is 0 Å². The number of hydrogen-bond acceptors (Lipinski definition) is 2. The van der Waals surface area contributed by atoms with Crippen molar-refractivity contribution < 1.29 is 0 Å². The minimum absolute atomic E-state index is 0.499. The summed E-state index contributed by atoms with van der Waals surface area (Å²) in [5.41, 5.74) is 5.37. The second-order valence-electron chi connectivity index (χ2n) is 5.91.